The van der Waals surface area contributed by atoms with Gasteiger partial charge in [-0.05, 0) is 77.3 Å². The summed E-state index contributed by atoms with van der Waals surface area (Å²) in [5.41, 5.74) is -4.24. The van der Waals surface area contributed by atoms with Gasteiger partial charge in [0.25, 0.3) is 5.91 Å². The number of rotatable bonds is 11. The van der Waals surface area contributed by atoms with E-state index in [1.807, 2.05) is 13.0 Å². The fourth-order valence-electron chi connectivity index (χ4n) is 7.86. The predicted molar refractivity (Wildman–Crippen MR) is 212 cm³/mol. The second-order valence-corrected chi connectivity index (χ2v) is 19.3. The van der Waals surface area contributed by atoms with Crippen LogP contribution in [0.3, 0.4) is 0 Å². The third kappa shape index (κ3) is 9.46. The molecule has 336 valence electrons. The van der Waals surface area contributed by atoms with Gasteiger partial charge in [-0.2, -0.15) is 23.1 Å². The maximum absolute atomic E-state index is 15.0. The number of alkyl halides is 3. The zero-order valence-corrected chi connectivity index (χ0v) is 35.9. The molecule has 1 aromatic carbocycles. The van der Waals surface area contributed by atoms with Crippen LogP contribution < -0.4 is 29.6 Å². The molecule has 2 saturated carbocycles. The Bertz CT molecular complexity index is 2170. The Hall–Kier alpha value is -4.92. The van der Waals surface area contributed by atoms with E-state index < -0.39 is 85.9 Å². The summed E-state index contributed by atoms with van der Waals surface area (Å²) < 4.78 is 96.5. The van der Waals surface area contributed by atoms with Crippen LogP contribution in [0.1, 0.15) is 72.6 Å². The van der Waals surface area contributed by atoms with Crippen molar-refractivity contribution in [2.75, 3.05) is 34.5 Å². The Morgan fingerprint density at radius 1 is 1.07 bits per heavy atom. The molecule has 2 aromatic rings. The number of fused-ring (bicyclic) bond motifs is 3. The summed E-state index contributed by atoms with van der Waals surface area (Å²) in [6.45, 7) is 4.34. The minimum atomic E-state index is -4.95. The Balaban J connectivity index is 1.39. The molecule has 6 rings (SSSR count). The Morgan fingerprint density at radius 3 is 2.43 bits per heavy atom. The maximum Gasteiger partial charge on any atom is 0.427 e. The second kappa shape index (κ2) is 17.1. The lowest BCUT2D eigenvalue weighted by atomic mass is 9.87. The van der Waals surface area contributed by atoms with Crippen LogP contribution in [-0.4, -0.2) is 122 Å². The molecule has 61 heavy (non-hydrogen) atoms. The van der Waals surface area contributed by atoms with Crippen molar-refractivity contribution in [2.45, 2.75) is 113 Å². The van der Waals surface area contributed by atoms with Gasteiger partial charge >= 0.3 is 18.3 Å². The van der Waals surface area contributed by atoms with Gasteiger partial charge in [-0.15, -0.1) is 0 Å². The first-order chi connectivity index (χ1) is 28.6. The summed E-state index contributed by atoms with van der Waals surface area (Å²) in [5.74, 6) is -3.64. The Morgan fingerprint density at radius 2 is 1.79 bits per heavy atom. The van der Waals surface area contributed by atoms with Crippen LogP contribution in [-0.2, 0) is 33.9 Å². The summed E-state index contributed by atoms with van der Waals surface area (Å²) in [6, 6.07) is 1.89. The SMILES string of the molecule is COC[C@@H]1C[C@H](C)CC/C=C\[C@H]2C[C@]2(C(=O)NS(=O)(=O)C2(C)CC2)NC(=O)[C@@H]2C[C@@H](Oc3nc(OC)c4c(OC)cccc4n3)CN2C(=O)[C@H]1NC(=O)OC(C)(C)C(F)(F)F. The molecule has 0 spiro atoms. The maximum atomic E-state index is 15.0. The number of ether oxygens (including phenoxy) is 5. The second-order valence-electron chi connectivity index (χ2n) is 17.1. The number of methoxy groups -OCH3 is 3. The molecule has 4 amide bonds. The van der Waals surface area contributed by atoms with Crippen LogP contribution in [0.25, 0.3) is 10.9 Å². The number of carbonyl (C=O) groups excluding carboxylic acids is 4. The summed E-state index contributed by atoms with van der Waals surface area (Å²) >= 11 is 0. The van der Waals surface area contributed by atoms with E-state index in [2.05, 4.69) is 25.3 Å². The Kier molecular flexibility index (Phi) is 12.8. The first-order valence-electron chi connectivity index (χ1n) is 20.0. The van der Waals surface area contributed by atoms with Crippen molar-refractivity contribution in [3.63, 3.8) is 0 Å². The molecular weight excluding hydrogens is 830 g/mol. The topological polar surface area (TPSA) is 214 Å². The molecule has 3 N–H and O–H groups in total. The van der Waals surface area contributed by atoms with Crippen molar-refractivity contribution < 1.29 is 64.5 Å². The lowest BCUT2D eigenvalue weighted by molar-refractivity contribution is -0.244. The highest BCUT2D eigenvalue weighted by Crippen LogP contribution is 2.48. The van der Waals surface area contributed by atoms with Crippen LogP contribution >= 0.6 is 0 Å². The third-order valence-electron chi connectivity index (χ3n) is 12.1. The van der Waals surface area contributed by atoms with Crippen LogP contribution in [0.5, 0.6) is 17.6 Å². The van der Waals surface area contributed by atoms with E-state index in [0.29, 0.717) is 56.2 Å². The molecule has 3 heterocycles. The van der Waals surface area contributed by atoms with Gasteiger partial charge in [0.1, 0.15) is 34.9 Å². The summed E-state index contributed by atoms with van der Waals surface area (Å²) in [4.78, 5) is 66.8. The average molecular weight is 883 g/mol. The molecular formula is C40H53F3N6O11S. The Labute approximate surface area is 351 Å². The number of halogens is 3. The number of alkyl carbamates (subject to hydrolysis) is 1. The summed E-state index contributed by atoms with van der Waals surface area (Å²) in [7, 11) is 0.122. The van der Waals surface area contributed by atoms with E-state index >= 15 is 0 Å². The number of nitrogens with one attached hydrogen (secondary N) is 3. The number of nitrogens with zero attached hydrogens (tertiary/aromatic N) is 3. The predicted octanol–water partition coefficient (Wildman–Crippen LogP) is 3.94. The van der Waals surface area contributed by atoms with Gasteiger partial charge in [0.2, 0.25) is 33.3 Å². The highest BCUT2D eigenvalue weighted by Gasteiger charge is 2.63. The molecule has 0 unspecified atom stereocenters. The van der Waals surface area contributed by atoms with Crippen molar-refractivity contribution in [3.8, 4) is 17.6 Å². The molecule has 2 aliphatic heterocycles. The normalized spacial score (nSPS) is 28.5. The first-order valence-corrected chi connectivity index (χ1v) is 21.5. The molecule has 21 heteroatoms. The third-order valence-corrected chi connectivity index (χ3v) is 14.2. The van der Waals surface area contributed by atoms with Gasteiger partial charge in [0.05, 0.1) is 37.6 Å². The minimum absolute atomic E-state index is 0.0680. The van der Waals surface area contributed by atoms with Gasteiger partial charge in [-0.1, -0.05) is 25.1 Å². The van der Waals surface area contributed by atoms with Gasteiger partial charge in [-0.3, -0.25) is 19.1 Å². The fraction of sp³-hybridized carbons (Fsp3) is 0.650. The smallest absolute Gasteiger partial charge is 0.427 e. The number of aromatic nitrogens is 2. The van der Waals surface area contributed by atoms with E-state index in [4.69, 9.17) is 23.7 Å². The standard InChI is InChI=1S/C40H53F3N6O11S/c1-22-11-8-9-12-24-19-39(24,34(52)48-61(54,55)38(4)15-16-38)47-31(50)27-18-25(59-35-44-26-13-10-14-28(57-6)29(26)32(46-35)58-7)20-49(27)33(51)30(23(17-22)21-56-5)45-36(53)60-37(2,3)40(41,42)43/h9-10,12-14,22-25,27,30H,8,11,15-21H2,1-7H3,(H,45,53)(H,47,50)(H,48,52)/b12-9-/t22-,23+,24+,25-,27+,30+,39+/m1/s1. The number of carbonyl (C=O) groups is 4. The van der Waals surface area contributed by atoms with Crippen LogP contribution in [0.4, 0.5) is 18.0 Å². The van der Waals surface area contributed by atoms with E-state index in [-0.39, 0.29) is 50.2 Å². The molecule has 7 atom stereocenters. The highest BCUT2D eigenvalue weighted by molar-refractivity contribution is 7.91. The molecule has 4 aliphatic rings. The lowest BCUT2D eigenvalue weighted by Crippen LogP contribution is -2.60. The number of sulfonamides is 1. The fourth-order valence-corrected chi connectivity index (χ4v) is 9.17. The van der Waals surface area contributed by atoms with E-state index in [1.54, 1.807) is 24.3 Å². The quantitative estimate of drug-likeness (QED) is 0.273. The molecule has 17 nitrogen and oxygen atoms in total. The monoisotopic (exact) mass is 882 g/mol. The van der Waals surface area contributed by atoms with Crippen molar-refractivity contribution in [3.05, 3.63) is 30.4 Å². The lowest BCUT2D eigenvalue weighted by Gasteiger charge is -2.35. The number of benzene rings is 1. The van der Waals surface area contributed by atoms with Crippen molar-refractivity contribution in [2.24, 2.45) is 17.8 Å². The number of allylic oxidation sites excluding steroid dienone is 1. The van der Waals surface area contributed by atoms with E-state index in [9.17, 15) is 40.8 Å². The zero-order chi connectivity index (χ0) is 44.7. The van der Waals surface area contributed by atoms with Crippen molar-refractivity contribution >= 4 is 44.7 Å². The summed E-state index contributed by atoms with van der Waals surface area (Å²) in [6.07, 6.45) is -2.01. The van der Waals surface area contributed by atoms with Gasteiger partial charge in [-0.25, -0.2) is 13.2 Å². The number of amides is 4. The van der Waals surface area contributed by atoms with Gasteiger partial charge in [0, 0.05) is 25.4 Å². The zero-order valence-electron chi connectivity index (χ0n) is 35.1. The van der Waals surface area contributed by atoms with Crippen LogP contribution in [0.15, 0.2) is 30.4 Å². The minimum Gasteiger partial charge on any atom is -0.496 e. The molecule has 2 aliphatic carbocycles. The van der Waals surface area contributed by atoms with Crippen molar-refractivity contribution in [1.29, 1.82) is 0 Å². The molecule has 1 saturated heterocycles. The van der Waals surface area contributed by atoms with Gasteiger partial charge in [0.15, 0.2) is 0 Å². The van der Waals surface area contributed by atoms with Crippen LogP contribution in [0, 0.1) is 17.8 Å². The number of hydrogen-bond donors (Lipinski definition) is 3. The largest absolute Gasteiger partial charge is 0.496 e. The first kappa shape index (κ1) is 45.6. The van der Waals surface area contributed by atoms with Crippen molar-refractivity contribution in [1.82, 2.24) is 30.2 Å². The molecule has 3 fully saturated rings. The van der Waals surface area contributed by atoms with E-state index in [0.717, 1.165) is 4.90 Å². The summed E-state index contributed by atoms with van der Waals surface area (Å²) in [5, 5.41) is 5.59. The number of hydrogen-bond acceptors (Lipinski definition) is 13. The van der Waals surface area contributed by atoms with Gasteiger partial charge < -0.3 is 39.2 Å². The molecule has 1 aromatic heterocycles. The average Bonchev–Trinajstić information content (AvgIpc) is 4.07. The van der Waals surface area contributed by atoms with Crippen LogP contribution in [0.2, 0.25) is 0 Å². The van der Waals surface area contributed by atoms with E-state index in [1.165, 1.54) is 28.3 Å². The molecule has 0 radical (unpaired) electrons. The highest BCUT2D eigenvalue weighted by atomic mass is 32.2. The molecule has 0 bridgehead atoms.